The Morgan fingerprint density at radius 1 is 1.57 bits per heavy atom. The maximum atomic E-state index is 11.5. The Kier molecular flexibility index (Phi) is 2.35. The summed E-state index contributed by atoms with van der Waals surface area (Å²) >= 11 is 0. The van der Waals surface area contributed by atoms with Crippen LogP contribution in [0.5, 0.6) is 0 Å². The second-order valence-electron chi connectivity index (χ2n) is 4.43. The number of rotatable bonds is 1. The van der Waals surface area contributed by atoms with Crippen LogP contribution in [0.25, 0.3) is 0 Å². The summed E-state index contributed by atoms with van der Waals surface area (Å²) in [5.41, 5.74) is 1.21. The summed E-state index contributed by atoms with van der Waals surface area (Å²) in [4.78, 5) is 11.5. The number of hydrogen-bond acceptors (Lipinski definition) is 3. The van der Waals surface area contributed by atoms with Crippen molar-refractivity contribution in [2.75, 3.05) is 7.11 Å². The molecule has 3 heteroatoms. The molecule has 2 saturated carbocycles. The molecule has 0 heterocycles. The fourth-order valence-electron chi connectivity index (χ4n) is 2.99. The number of methoxy groups -OCH3 is 1. The molecular formula is C11H16O3. The van der Waals surface area contributed by atoms with Gasteiger partial charge in [-0.3, -0.25) is 4.79 Å². The van der Waals surface area contributed by atoms with Gasteiger partial charge < -0.3 is 9.84 Å². The Morgan fingerprint density at radius 2 is 2.29 bits per heavy atom. The highest BCUT2D eigenvalue weighted by atomic mass is 16.5. The summed E-state index contributed by atoms with van der Waals surface area (Å²) < 4.78 is 4.72. The summed E-state index contributed by atoms with van der Waals surface area (Å²) in [6, 6.07) is 0. The van der Waals surface area contributed by atoms with E-state index in [-0.39, 0.29) is 17.8 Å². The van der Waals surface area contributed by atoms with Gasteiger partial charge in [-0.2, -0.15) is 0 Å². The number of aliphatic hydroxyl groups is 1. The lowest BCUT2D eigenvalue weighted by Gasteiger charge is -2.17. The molecule has 4 atom stereocenters. The smallest absolute Gasteiger partial charge is 0.311 e. The van der Waals surface area contributed by atoms with Gasteiger partial charge in [0.25, 0.3) is 0 Å². The molecule has 4 unspecified atom stereocenters. The van der Waals surface area contributed by atoms with Crippen LogP contribution in [-0.2, 0) is 9.53 Å². The van der Waals surface area contributed by atoms with E-state index in [1.165, 1.54) is 12.7 Å². The van der Waals surface area contributed by atoms with Gasteiger partial charge >= 0.3 is 5.97 Å². The van der Waals surface area contributed by atoms with Crippen molar-refractivity contribution in [1.29, 1.82) is 0 Å². The van der Waals surface area contributed by atoms with Crippen LogP contribution in [0.2, 0.25) is 0 Å². The van der Waals surface area contributed by atoms with Crippen molar-refractivity contribution in [3.8, 4) is 0 Å². The number of aliphatic hydroxyl groups excluding tert-OH is 1. The molecule has 78 valence electrons. The summed E-state index contributed by atoms with van der Waals surface area (Å²) in [5, 5.41) is 9.75. The third kappa shape index (κ3) is 1.36. The minimum atomic E-state index is -0.509. The lowest BCUT2D eigenvalue weighted by Crippen LogP contribution is -2.29. The maximum absolute atomic E-state index is 11.5. The van der Waals surface area contributed by atoms with Crippen molar-refractivity contribution < 1.29 is 14.6 Å². The first-order valence-electron chi connectivity index (χ1n) is 5.06. The normalized spacial score (nSPS) is 41.1. The van der Waals surface area contributed by atoms with Crippen molar-refractivity contribution >= 4 is 5.97 Å². The van der Waals surface area contributed by atoms with Crippen molar-refractivity contribution in [1.82, 2.24) is 0 Å². The van der Waals surface area contributed by atoms with E-state index in [2.05, 4.69) is 6.58 Å². The number of carbonyl (C=O) groups excluding carboxylic acids is 1. The molecule has 2 rings (SSSR count). The summed E-state index contributed by atoms with van der Waals surface area (Å²) in [6.45, 7) is 3.95. The van der Waals surface area contributed by atoms with Crippen LogP contribution in [0, 0.1) is 17.8 Å². The lowest BCUT2D eigenvalue weighted by molar-refractivity contribution is -0.150. The first-order valence-corrected chi connectivity index (χ1v) is 5.06. The van der Waals surface area contributed by atoms with Crippen LogP contribution in [-0.4, -0.2) is 24.3 Å². The number of hydrogen-bond donors (Lipinski definition) is 1. The Hall–Kier alpha value is -0.830. The summed E-state index contributed by atoms with van der Waals surface area (Å²) in [5.74, 6) is 0.135. The van der Waals surface area contributed by atoms with Crippen LogP contribution in [0.4, 0.5) is 0 Å². The maximum Gasteiger partial charge on any atom is 0.311 e. The molecule has 1 N–H and O–H groups in total. The Balaban J connectivity index is 2.16. The van der Waals surface area contributed by atoms with Crippen LogP contribution < -0.4 is 0 Å². The first-order chi connectivity index (χ1) is 6.63. The van der Waals surface area contributed by atoms with Gasteiger partial charge in [-0.25, -0.2) is 0 Å². The Morgan fingerprint density at radius 3 is 2.93 bits per heavy atom. The fraction of sp³-hybridized carbons (Fsp3) is 0.727. The number of allylic oxidation sites excluding steroid dienone is 1. The SMILES string of the molecule is C=C1CC2CC(O)C(C(=O)OC)C2C1. The molecule has 0 aromatic carbocycles. The Labute approximate surface area is 83.8 Å². The van der Waals surface area contributed by atoms with Gasteiger partial charge in [-0.05, 0) is 31.1 Å². The van der Waals surface area contributed by atoms with Crippen molar-refractivity contribution in [2.45, 2.75) is 25.4 Å². The molecule has 0 bridgehead atoms. The summed E-state index contributed by atoms with van der Waals surface area (Å²) in [6.07, 6.45) is 2.06. The molecule has 0 spiro atoms. The predicted molar refractivity (Wildman–Crippen MR) is 51.5 cm³/mol. The second-order valence-corrected chi connectivity index (χ2v) is 4.43. The summed E-state index contributed by atoms with van der Waals surface area (Å²) in [7, 11) is 1.38. The number of ether oxygens (including phenoxy) is 1. The molecule has 2 aliphatic carbocycles. The molecule has 3 nitrogen and oxygen atoms in total. The predicted octanol–water partition coefficient (Wildman–Crippen LogP) is 1.12. The standard InChI is InChI=1S/C11H16O3/c1-6-3-7-5-9(12)10(8(7)4-6)11(13)14-2/h7-10,12H,1,3-5H2,2H3. The van der Waals surface area contributed by atoms with E-state index in [0.717, 1.165) is 19.3 Å². The van der Waals surface area contributed by atoms with Gasteiger partial charge in [-0.1, -0.05) is 12.2 Å². The minimum absolute atomic E-state index is 0.264. The zero-order valence-electron chi connectivity index (χ0n) is 8.40. The van der Waals surface area contributed by atoms with Gasteiger partial charge in [0.2, 0.25) is 0 Å². The van der Waals surface area contributed by atoms with Gasteiger partial charge in [0.05, 0.1) is 19.1 Å². The van der Waals surface area contributed by atoms with E-state index >= 15 is 0 Å². The quantitative estimate of drug-likeness (QED) is 0.505. The first kappa shape index (κ1) is 9.71. The highest BCUT2D eigenvalue weighted by Crippen LogP contribution is 2.49. The van der Waals surface area contributed by atoms with E-state index in [1.807, 2.05) is 0 Å². The van der Waals surface area contributed by atoms with Crippen LogP contribution >= 0.6 is 0 Å². The van der Waals surface area contributed by atoms with E-state index in [9.17, 15) is 9.90 Å². The van der Waals surface area contributed by atoms with Crippen LogP contribution in [0.15, 0.2) is 12.2 Å². The van der Waals surface area contributed by atoms with Crippen molar-refractivity contribution in [3.63, 3.8) is 0 Å². The second kappa shape index (κ2) is 3.39. The third-order valence-corrected chi connectivity index (χ3v) is 3.57. The van der Waals surface area contributed by atoms with Gasteiger partial charge in [0.1, 0.15) is 0 Å². The van der Waals surface area contributed by atoms with E-state index in [4.69, 9.17) is 4.74 Å². The van der Waals surface area contributed by atoms with E-state index < -0.39 is 6.10 Å². The molecule has 0 saturated heterocycles. The van der Waals surface area contributed by atoms with Gasteiger partial charge in [0, 0.05) is 0 Å². The van der Waals surface area contributed by atoms with E-state index in [1.54, 1.807) is 0 Å². The number of fused-ring (bicyclic) bond motifs is 1. The molecule has 0 radical (unpaired) electrons. The molecule has 0 aliphatic heterocycles. The molecule has 2 aliphatic rings. The average Bonchev–Trinajstić information content (AvgIpc) is 2.58. The molecule has 2 fully saturated rings. The molecule has 0 aromatic rings. The lowest BCUT2D eigenvalue weighted by atomic mass is 9.91. The van der Waals surface area contributed by atoms with Crippen molar-refractivity contribution in [2.24, 2.45) is 17.8 Å². The van der Waals surface area contributed by atoms with Crippen LogP contribution in [0.3, 0.4) is 0 Å². The van der Waals surface area contributed by atoms with E-state index in [0.29, 0.717) is 5.92 Å². The zero-order chi connectivity index (χ0) is 10.3. The minimum Gasteiger partial charge on any atom is -0.469 e. The Bertz CT molecular complexity index is 272. The highest BCUT2D eigenvalue weighted by Gasteiger charge is 2.49. The molecular weight excluding hydrogens is 180 g/mol. The average molecular weight is 196 g/mol. The topological polar surface area (TPSA) is 46.5 Å². The van der Waals surface area contributed by atoms with Crippen LogP contribution in [0.1, 0.15) is 19.3 Å². The van der Waals surface area contributed by atoms with Gasteiger partial charge in [-0.15, -0.1) is 0 Å². The fourth-order valence-corrected chi connectivity index (χ4v) is 2.99. The molecule has 14 heavy (non-hydrogen) atoms. The third-order valence-electron chi connectivity index (χ3n) is 3.57. The van der Waals surface area contributed by atoms with Gasteiger partial charge in [0.15, 0.2) is 0 Å². The van der Waals surface area contributed by atoms with Crippen molar-refractivity contribution in [3.05, 3.63) is 12.2 Å². The largest absolute Gasteiger partial charge is 0.469 e. The number of carbonyl (C=O) groups is 1. The molecule has 0 aromatic heterocycles. The monoisotopic (exact) mass is 196 g/mol. The highest BCUT2D eigenvalue weighted by molar-refractivity contribution is 5.74. The zero-order valence-corrected chi connectivity index (χ0v) is 8.40. The number of esters is 1. The molecule has 0 amide bonds.